The number of amides is 2. The number of aryl methyl sites for hydroxylation is 1. The third-order valence-corrected chi connectivity index (χ3v) is 9.72. The number of nitrogens with one attached hydrogen (secondary N) is 3. The largest absolute Gasteiger partial charge is 0.453 e. The lowest BCUT2D eigenvalue weighted by Crippen LogP contribution is -2.49. The fraction of sp³-hybridized carbons (Fsp3) is 0.233. The molecule has 3 aromatic carbocycles. The van der Waals surface area contributed by atoms with Gasteiger partial charge in [-0.2, -0.15) is 0 Å². The molecule has 0 spiro atoms. The quantitative estimate of drug-likeness (QED) is 0.154. The molecule has 1 aromatic heterocycles. The minimum atomic E-state index is -3.66. The summed E-state index contributed by atoms with van der Waals surface area (Å²) >= 11 is -1.06. The summed E-state index contributed by atoms with van der Waals surface area (Å²) in [6.45, 7) is 1.88. The van der Waals surface area contributed by atoms with E-state index in [9.17, 15) is 22.2 Å². The molecule has 0 aliphatic heterocycles. The monoisotopic (exact) mass is 656 g/mol. The number of hydrogen-bond acceptors (Lipinski definition) is 8. The Kier molecular flexibility index (Phi) is 11.2. The first-order valence-corrected chi connectivity index (χ1v) is 17.0. The lowest BCUT2D eigenvalue weighted by molar-refractivity contribution is -0.123. The predicted molar refractivity (Wildman–Crippen MR) is 169 cm³/mol. The van der Waals surface area contributed by atoms with Crippen LogP contribution in [0.25, 0.3) is 0 Å². The fourth-order valence-electron chi connectivity index (χ4n) is 4.35. The van der Waals surface area contributed by atoms with Crippen LogP contribution in [0.3, 0.4) is 0 Å². The van der Waals surface area contributed by atoms with Crippen LogP contribution in [0.5, 0.6) is 0 Å². The summed E-state index contributed by atoms with van der Waals surface area (Å²) in [5, 5.41) is 7.63. The van der Waals surface area contributed by atoms with Gasteiger partial charge in [0.05, 0.1) is 23.7 Å². The summed E-state index contributed by atoms with van der Waals surface area (Å²) in [5.41, 5.74) is 3.42. The number of methoxy groups -OCH3 is 1. The molecule has 232 valence electrons. The summed E-state index contributed by atoms with van der Waals surface area (Å²) in [7, 11) is -2.45. The Morgan fingerprint density at radius 2 is 1.61 bits per heavy atom. The minimum Gasteiger partial charge on any atom is -0.453 e. The third-order valence-electron chi connectivity index (χ3n) is 6.61. The molecule has 1 unspecified atom stereocenters. The first-order valence-electron chi connectivity index (χ1n) is 13.4. The molecule has 2 amide bonds. The van der Waals surface area contributed by atoms with Gasteiger partial charge in [-0.05, 0) is 48.7 Å². The van der Waals surface area contributed by atoms with E-state index in [2.05, 4.69) is 20.3 Å². The number of anilines is 1. The molecule has 1 heterocycles. The van der Waals surface area contributed by atoms with Crippen LogP contribution in [0.15, 0.2) is 89.1 Å². The number of thiazole rings is 1. The maximum Gasteiger partial charge on any atom is 0.407 e. The van der Waals surface area contributed by atoms with Crippen molar-refractivity contribution in [2.24, 2.45) is 0 Å². The Morgan fingerprint density at radius 3 is 2.25 bits per heavy atom. The minimum absolute atomic E-state index is 0.194. The van der Waals surface area contributed by atoms with Crippen LogP contribution < -0.4 is 15.4 Å². The zero-order valence-electron chi connectivity index (χ0n) is 23.9. The molecule has 0 saturated heterocycles. The zero-order valence-corrected chi connectivity index (χ0v) is 26.4. The number of rotatable bonds is 13. The van der Waals surface area contributed by atoms with Gasteiger partial charge in [0.15, 0.2) is 9.84 Å². The first kappa shape index (κ1) is 32.8. The average Bonchev–Trinajstić information content (AvgIpc) is 3.45. The van der Waals surface area contributed by atoms with Crippen LogP contribution >= 0.6 is 11.3 Å². The highest BCUT2D eigenvalue weighted by atomic mass is 32.2. The van der Waals surface area contributed by atoms with Gasteiger partial charge in [-0.15, -0.1) is 11.3 Å². The van der Waals surface area contributed by atoms with E-state index in [1.807, 2.05) is 37.3 Å². The molecule has 0 saturated carbocycles. The van der Waals surface area contributed by atoms with Gasteiger partial charge in [0.25, 0.3) is 11.3 Å². The Balaban J connectivity index is 1.60. The molecule has 44 heavy (non-hydrogen) atoms. The van der Waals surface area contributed by atoms with Crippen molar-refractivity contribution in [2.75, 3.05) is 11.8 Å². The van der Waals surface area contributed by atoms with E-state index in [0.29, 0.717) is 16.4 Å². The highest BCUT2D eigenvalue weighted by molar-refractivity contribution is 7.90. The van der Waals surface area contributed by atoms with E-state index in [1.54, 1.807) is 53.9 Å². The van der Waals surface area contributed by atoms with Gasteiger partial charge in [-0.25, -0.2) is 22.4 Å². The van der Waals surface area contributed by atoms with Gasteiger partial charge in [-0.3, -0.25) is 14.1 Å². The molecule has 0 bridgehead atoms. The second kappa shape index (κ2) is 15.1. The van der Waals surface area contributed by atoms with Crippen molar-refractivity contribution in [1.29, 1.82) is 0 Å². The predicted octanol–water partition coefficient (Wildman–Crippen LogP) is 4.34. The summed E-state index contributed by atoms with van der Waals surface area (Å²) < 4.78 is 53.5. The van der Waals surface area contributed by atoms with Crippen molar-refractivity contribution < 1.29 is 31.5 Å². The van der Waals surface area contributed by atoms with E-state index >= 15 is 0 Å². The molecule has 11 nitrogen and oxygen atoms in total. The van der Waals surface area contributed by atoms with Crippen LogP contribution in [-0.4, -0.2) is 47.3 Å². The number of nitrogens with zero attached hydrogens (tertiary/aromatic N) is 1. The van der Waals surface area contributed by atoms with Crippen LogP contribution in [-0.2, 0) is 49.2 Å². The van der Waals surface area contributed by atoms with E-state index in [-0.39, 0.29) is 23.5 Å². The molecular weight excluding hydrogens is 625 g/mol. The van der Waals surface area contributed by atoms with Crippen molar-refractivity contribution in [3.63, 3.8) is 0 Å². The highest BCUT2D eigenvalue weighted by Gasteiger charge is 2.27. The Labute approximate surface area is 262 Å². The fourth-order valence-corrected chi connectivity index (χ4v) is 7.16. The maximum atomic E-state index is 13.6. The van der Waals surface area contributed by atoms with Crippen molar-refractivity contribution in [1.82, 2.24) is 15.6 Å². The molecule has 14 heteroatoms. The number of aromatic nitrogens is 1. The highest BCUT2D eigenvalue weighted by Crippen LogP contribution is 2.25. The number of sulfone groups is 1. The molecule has 4 N–H and O–H groups in total. The Hall–Kier alpha value is -4.11. The van der Waals surface area contributed by atoms with E-state index in [4.69, 9.17) is 9.29 Å². The number of alkyl carbamates (subject to hydrolysis) is 1. The van der Waals surface area contributed by atoms with Gasteiger partial charge in [0, 0.05) is 17.5 Å². The molecule has 4 rings (SSSR count). The second-order valence-corrected chi connectivity index (χ2v) is 13.6. The number of carbonyl (C=O) groups is 2. The number of carbonyl (C=O) groups excluding carboxylic acids is 2. The first-order chi connectivity index (χ1) is 21.0. The second-order valence-electron chi connectivity index (χ2n) is 9.93. The summed E-state index contributed by atoms with van der Waals surface area (Å²) in [4.78, 5) is 30.5. The molecule has 0 aliphatic carbocycles. The molecule has 0 radical (unpaired) electrons. The lowest BCUT2D eigenvalue weighted by Gasteiger charge is -2.23. The van der Waals surface area contributed by atoms with Gasteiger partial charge in [-0.1, -0.05) is 60.2 Å². The molecule has 0 aliphatic rings. The van der Waals surface area contributed by atoms with Crippen LogP contribution in [0.2, 0.25) is 0 Å². The summed E-state index contributed by atoms with van der Waals surface area (Å²) in [6.07, 6.45) is -0.304. The van der Waals surface area contributed by atoms with E-state index in [1.165, 1.54) is 18.4 Å². The van der Waals surface area contributed by atoms with Gasteiger partial charge in [0.1, 0.15) is 16.8 Å². The average molecular weight is 657 g/mol. The molecular formula is C30H32N4O7S3. The molecule has 0 fully saturated rings. The van der Waals surface area contributed by atoms with Crippen molar-refractivity contribution in [3.05, 3.63) is 112 Å². The number of ether oxygens (including phenoxy) is 1. The summed E-state index contributed by atoms with van der Waals surface area (Å²) in [6, 6.07) is 20.8. The van der Waals surface area contributed by atoms with Gasteiger partial charge >= 0.3 is 6.09 Å². The Bertz CT molecular complexity index is 1690. The van der Waals surface area contributed by atoms with Crippen molar-refractivity contribution in [2.45, 2.75) is 42.5 Å². The third kappa shape index (κ3) is 9.44. The standard InChI is InChI=1S/C30H32N4O7S3/c1-20-8-14-24(15-9-20)44(39,40)19-28-31-27(18-42-28)25(16-22-10-12-23(13-11-22)34-43(37)38)32-29(35)26(33-30(36)41-2)17-21-6-4-3-5-7-21/h3-15,18,25-26,34H,16-17,19H2,1-2H3,(H,32,35)(H,33,36)(H,37,38)/t25-,26-/m0/s1. The lowest BCUT2D eigenvalue weighted by atomic mass is 10.0. The zero-order chi connectivity index (χ0) is 31.7. The van der Waals surface area contributed by atoms with E-state index in [0.717, 1.165) is 16.7 Å². The van der Waals surface area contributed by atoms with Crippen LogP contribution in [0, 0.1) is 6.92 Å². The van der Waals surface area contributed by atoms with Crippen LogP contribution in [0.1, 0.15) is 33.4 Å². The van der Waals surface area contributed by atoms with Crippen molar-refractivity contribution in [3.8, 4) is 0 Å². The SMILES string of the molecule is COC(=O)N[C@@H](Cc1ccccc1)C(=O)N[C@@H](Cc1ccc(NS(=O)O)cc1)c1csc(CS(=O)(=O)c2ccc(C)cc2)n1. The smallest absolute Gasteiger partial charge is 0.407 e. The summed E-state index contributed by atoms with van der Waals surface area (Å²) in [5.74, 6) is -0.791. The Morgan fingerprint density at radius 1 is 0.955 bits per heavy atom. The van der Waals surface area contributed by atoms with Crippen molar-refractivity contribution >= 4 is 50.1 Å². The normalized spacial score (nSPS) is 13.3. The van der Waals surface area contributed by atoms with E-state index < -0.39 is 45.2 Å². The van der Waals surface area contributed by atoms with Gasteiger partial charge < -0.3 is 15.4 Å². The maximum absolute atomic E-state index is 13.6. The topological polar surface area (TPSA) is 164 Å². The van der Waals surface area contributed by atoms with Crippen LogP contribution in [0.4, 0.5) is 10.5 Å². The molecule has 4 aromatic rings. The molecule has 3 atom stereocenters. The number of benzene rings is 3. The number of hydrogen-bond donors (Lipinski definition) is 4. The van der Waals surface area contributed by atoms with Gasteiger partial charge in [0.2, 0.25) is 5.91 Å².